The van der Waals surface area contributed by atoms with Crippen LogP contribution in [0.25, 0.3) is 0 Å². The molecule has 0 heterocycles. The number of nitrogen functional groups attached to an aromatic ring is 2. The normalized spacial score (nSPS) is 9.47. The lowest BCUT2D eigenvalue weighted by molar-refractivity contribution is 0.0951. The number of carbonyl (C=O) groups excluding carboxylic acids is 2. The van der Waals surface area contributed by atoms with Gasteiger partial charge in [-0.1, -0.05) is 0 Å². The van der Waals surface area contributed by atoms with Crippen molar-refractivity contribution in [3.63, 3.8) is 0 Å². The first-order chi connectivity index (χ1) is 7.10. The van der Waals surface area contributed by atoms with Crippen LogP contribution in [0.15, 0.2) is 18.2 Å². The molecule has 0 aliphatic heterocycles. The number of phenols is 1. The minimum Gasteiger partial charge on any atom is -0.507 e. The van der Waals surface area contributed by atoms with Crippen LogP contribution in [-0.4, -0.2) is 16.9 Å². The number of nitrogens with one attached hydrogen (secondary N) is 2. The van der Waals surface area contributed by atoms with E-state index in [9.17, 15) is 14.7 Å². The third-order valence-corrected chi connectivity index (χ3v) is 1.77. The summed E-state index contributed by atoms with van der Waals surface area (Å²) in [6.45, 7) is 0. The first-order valence-corrected chi connectivity index (χ1v) is 3.95. The van der Waals surface area contributed by atoms with Gasteiger partial charge in [-0.05, 0) is 18.2 Å². The fraction of sp³-hybridized carbons (Fsp3) is 0. The molecule has 1 aromatic carbocycles. The molecule has 0 unspecified atom stereocenters. The zero-order chi connectivity index (χ0) is 11.4. The predicted molar refractivity (Wildman–Crippen MR) is 51.4 cm³/mol. The van der Waals surface area contributed by atoms with Gasteiger partial charge in [-0.25, -0.2) is 11.7 Å². The van der Waals surface area contributed by atoms with Crippen molar-refractivity contribution >= 4 is 11.8 Å². The zero-order valence-corrected chi connectivity index (χ0v) is 7.65. The largest absolute Gasteiger partial charge is 0.507 e. The van der Waals surface area contributed by atoms with E-state index in [0.717, 1.165) is 0 Å². The number of rotatable bonds is 2. The molecular formula is C8H10N4O3. The molecule has 7 heteroatoms. The third-order valence-electron chi connectivity index (χ3n) is 1.77. The van der Waals surface area contributed by atoms with Gasteiger partial charge in [0.2, 0.25) is 0 Å². The van der Waals surface area contributed by atoms with Gasteiger partial charge in [0.15, 0.2) is 0 Å². The van der Waals surface area contributed by atoms with Gasteiger partial charge in [0, 0.05) is 5.56 Å². The predicted octanol–water partition coefficient (Wildman–Crippen LogP) is -1.40. The number of aromatic hydroxyl groups is 1. The Kier molecular flexibility index (Phi) is 3.21. The molecule has 0 fully saturated rings. The van der Waals surface area contributed by atoms with E-state index in [1.54, 1.807) is 0 Å². The molecule has 0 saturated heterocycles. The Labute approximate surface area is 85.0 Å². The lowest BCUT2D eigenvalue weighted by Gasteiger charge is -2.05. The summed E-state index contributed by atoms with van der Waals surface area (Å²) in [5.41, 5.74) is 3.79. The summed E-state index contributed by atoms with van der Waals surface area (Å²) in [4.78, 5) is 22.2. The van der Waals surface area contributed by atoms with Crippen molar-refractivity contribution in [2.45, 2.75) is 0 Å². The molecule has 7 N–H and O–H groups in total. The quantitative estimate of drug-likeness (QED) is 0.233. The zero-order valence-electron chi connectivity index (χ0n) is 7.65. The molecule has 0 spiro atoms. The van der Waals surface area contributed by atoms with Crippen LogP contribution >= 0.6 is 0 Å². The Morgan fingerprint density at radius 1 is 1.13 bits per heavy atom. The van der Waals surface area contributed by atoms with Crippen LogP contribution in [0.3, 0.4) is 0 Å². The summed E-state index contributed by atoms with van der Waals surface area (Å²) in [6, 6.07) is 3.71. The molecule has 0 atom stereocenters. The molecule has 0 bridgehead atoms. The number of amides is 2. The van der Waals surface area contributed by atoms with Crippen LogP contribution in [0.5, 0.6) is 5.75 Å². The second-order valence-electron chi connectivity index (χ2n) is 2.68. The highest BCUT2D eigenvalue weighted by Crippen LogP contribution is 2.17. The van der Waals surface area contributed by atoms with Gasteiger partial charge in [-0.15, -0.1) is 0 Å². The molecule has 1 aromatic rings. The van der Waals surface area contributed by atoms with Crippen molar-refractivity contribution in [3.8, 4) is 5.75 Å². The van der Waals surface area contributed by atoms with E-state index in [4.69, 9.17) is 11.7 Å². The van der Waals surface area contributed by atoms with Crippen LogP contribution in [-0.2, 0) is 0 Å². The van der Waals surface area contributed by atoms with E-state index in [2.05, 4.69) is 0 Å². The molecule has 0 aliphatic rings. The van der Waals surface area contributed by atoms with Gasteiger partial charge in [0.1, 0.15) is 5.75 Å². The molecule has 0 aromatic heterocycles. The van der Waals surface area contributed by atoms with Gasteiger partial charge < -0.3 is 5.11 Å². The lowest BCUT2D eigenvalue weighted by atomic mass is 10.1. The summed E-state index contributed by atoms with van der Waals surface area (Å²) in [6.07, 6.45) is 0. The molecule has 80 valence electrons. The number of hydrazine groups is 2. The van der Waals surface area contributed by atoms with Crippen LogP contribution in [0.2, 0.25) is 0 Å². The Balaban J connectivity index is 3.16. The lowest BCUT2D eigenvalue weighted by Crippen LogP contribution is -2.32. The third kappa shape index (κ3) is 2.22. The van der Waals surface area contributed by atoms with E-state index in [0.29, 0.717) is 0 Å². The average Bonchev–Trinajstić information content (AvgIpc) is 2.27. The molecule has 0 saturated carbocycles. The van der Waals surface area contributed by atoms with Gasteiger partial charge >= 0.3 is 0 Å². The summed E-state index contributed by atoms with van der Waals surface area (Å²) >= 11 is 0. The van der Waals surface area contributed by atoms with E-state index in [-0.39, 0.29) is 16.9 Å². The van der Waals surface area contributed by atoms with Crippen molar-refractivity contribution in [3.05, 3.63) is 29.3 Å². The Bertz CT molecular complexity index is 405. The molecule has 2 amide bonds. The average molecular weight is 210 g/mol. The van der Waals surface area contributed by atoms with E-state index in [1.807, 2.05) is 10.9 Å². The fourth-order valence-corrected chi connectivity index (χ4v) is 1.02. The van der Waals surface area contributed by atoms with Gasteiger partial charge in [-0.3, -0.25) is 20.4 Å². The first kappa shape index (κ1) is 11.0. The number of carbonyl (C=O) groups is 2. The van der Waals surface area contributed by atoms with Crippen LogP contribution in [0.4, 0.5) is 0 Å². The van der Waals surface area contributed by atoms with E-state index < -0.39 is 11.8 Å². The van der Waals surface area contributed by atoms with Crippen molar-refractivity contribution < 1.29 is 14.7 Å². The highest BCUT2D eigenvalue weighted by molar-refractivity contribution is 6.01. The Morgan fingerprint density at radius 2 is 1.73 bits per heavy atom. The molecule has 0 aliphatic carbocycles. The van der Waals surface area contributed by atoms with E-state index >= 15 is 0 Å². The van der Waals surface area contributed by atoms with Gasteiger partial charge in [0.25, 0.3) is 11.8 Å². The highest BCUT2D eigenvalue weighted by atomic mass is 16.3. The molecule has 15 heavy (non-hydrogen) atoms. The summed E-state index contributed by atoms with van der Waals surface area (Å²) < 4.78 is 0. The minimum atomic E-state index is -0.695. The van der Waals surface area contributed by atoms with E-state index in [1.165, 1.54) is 18.2 Å². The Hall–Kier alpha value is -2.12. The van der Waals surface area contributed by atoms with Crippen molar-refractivity contribution in [2.75, 3.05) is 0 Å². The second-order valence-corrected chi connectivity index (χ2v) is 2.68. The monoisotopic (exact) mass is 210 g/mol. The summed E-state index contributed by atoms with van der Waals surface area (Å²) in [5, 5.41) is 9.31. The first-order valence-electron chi connectivity index (χ1n) is 3.95. The number of phenolic OH excluding ortho intramolecular Hbond substituents is 1. The molecule has 7 nitrogen and oxygen atoms in total. The second kappa shape index (κ2) is 4.40. The van der Waals surface area contributed by atoms with Gasteiger partial charge in [0.05, 0.1) is 5.56 Å². The number of nitrogens with two attached hydrogens (primary N) is 2. The number of hydrogen-bond donors (Lipinski definition) is 5. The van der Waals surface area contributed by atoms with Crippen molar-refractivity contribution in [1.29, 1.82) is 0 Å². The smallest absolute Gasteiger partial charge is 0.268 e. The number of benzene rings is 1. The molecule has 0 radical (unpaired) electrons. The SMILES string of the molecule is NNC(=O)c1ccc(O)c(C(=O)NN)c1. The summed E-state index contributed by atoms with van der Waals surface area (Å²) in [7, 11) is 0. The Morgan fingerprint density at radius 3 is 2.27 bits per heavy atom. The van der Waals surface area contributed by atoms with Crippen LogP contribution < -0.4 is 22.5 Å². The fourth-order valence-electron chi connectivity index (χ4n) is 1.02. The number of hydrogen-bond acceptors (Lipinski definition) is 5. The maximum Gasteiger partial charge on any atom is 0.268 e. The topological polar surface area (TPSA) is 130 Å². The maximum absolute atomic E-state index is 11.1. The molecule has 1 rings (SSSR count). The van der Waals surface area contributed by atoms with Gasteiger partial charge in [-0.2, -0.15) is 0 Å². The van der Waals surface area contributed by atoms with Crippen molar-refractivity contribution in [1.82, 2.24) is 10.9 Å². The minimum absolute atomic E-state index is 0.0985. The summed E-state index contributed by atoms with van der Waals surface area (Å²) in [5.74, 6) is 8.27. The van der Waals surface area contributed by atoms with Crippen molar-refractivity contribution in [2.24, 2.45) is 11.7 Å². The standard InChI is InChI=1S/C8H10N4O3/c9-11-7(14)4-1-2-6(13)5(3-4)8(15)12-10/h1-3,13H,9-10H2,(H,11,14)(H,12,15). The van der Waals surface area contributed by atoms with Crippen LogP contribution in [0.1, 0.15) is 20.7 Å². The highest BCUT2D eigenvalue weighted by Gasteiger charge is 2.13. The molecular weight excluding hydrogens is 200 g/mol. The van der Waals surface area contributed by atoms with Crippen LogP contribution in [0, 0.1) is 0 Å². The maximum atomic E-state index is 11.1.